The Labute approximate surface area is 106 Å². The number of carbonyl (C=O) groups excluding carboxylic acids is 1. The molecule has 0 bridgehead atoms. The van der Waals surface area contributed by atoms with Gasteiger partial charge in [0.25, 0.3) is 0 Å². The SMILES string of the molecule is CC(C)(C)NC(=O)CNc1nc(C(F)(F)F)ns1. The van der Waals surface area contributed by atoms with Crippen molar-refractivity contribution < 1.29 is 18.0 Å². The molecule has 0 saturated heterocycles. The first kappa shape index (κ1) is 14.7. The molecule has 0 radical (unpaired) electrons. The quantitative estimate of drug-likeness (QED) is 0.888. The third-order valence-corrected chi connectivity index (χ3v) is 2.27. The Bertz CT molecular complexity index is 424. The molecule has 18 heavy (non-hydrogen) atoms. The summed E-state index contributed by atoms with van der Waals surface area (Å²) in [5.41, 5.74) is -0.392. The second-order valence-corrected chi connectivity index (χ2v) is 5.32. The van der Waals surface area contributed by atoms with Crippen molar-refractivity contribution in [2.75, 3.05) is 11.9 Å². The number of hydrogen-bond donors (Lipinski definition) is 2. The number of alkyl halides is 3. The summed E-state index contributed by atoms with van der Waals surface area (Å²) in [7, 11) is 0. The number of hydrogen-bond acceptors (Lipinski definition) is 5. The van der Waals surface area contributed by atoms with Crippen LogP contribution in [-0.4, -0.2) is 27.3 Å². The van der Waals surface area contributed by atoms with Gasteiger partial charge in [0.1, 0.15) is 0 Å². The van der Waals surface area contributed by atoms with Crippen molar-refractivity contribution in [3.05, 3.63) is 5.82 Å². The van der Waals surface area contributed by atoms with Crippen LogP contribution in [0.1, 0.15) is 26.6 Å². The van der Waals surface area contributed by atoms with Gasteiger partial charge in [-0.1, -0.05) is 0 Å². The molecule has 0 saturated carbocycles. The van der Waals surface area contributed by atoms with Crippen molar-refractivity contribution in [3.8, 4) is 0 Å². The lowest BCUT2D eigenvalue weighted by Gasteiger charge is -2.20. The van der Waals surface area contributed by atoms with Gasteiger partial charge in [0, 0.05) is 17.1 Å². The van der Waals surface area contributed by atoms with Crippen LogP contribution >= 0.6 is 11.5 Å². The second-order valence-electron chi connectivity index (χ2n) is 4.57. The zero-order chi connectivity index (χ0) is 14.0. The number of amides is 1. The van der Waals surface area contributed by atoms with E-state index < -0.39 is 17.5 Å². The third kappa shape index (κ3) is 4.86. The highest BCUT2D eigenvalue weighted by Crippen LogP contribution is 2.28. The van der Waals surface area contributed by atoms with Gasteiger partial charge in [0.15, 0.2) is 0 Å². The van der Waals surface area contributed by atoms with Crippen LogP contribution in [0.5, 0.6) is 0 Å². The first-order valence-electron chi connectivity index (χ1n) is 5.04. The fourth-order valence-electron chi connectivity index (χ4n) is 1.03. The Morgan fingerprint density at radius 1 is 1.33 bits per heavy atom. The van der Waals surface area contributed by atoms with Crippen molar-refractivity contribution in [1.29, 1.82) is 0 Å². The van der Waals surface area contributed by atoms with E-state index in [4.69, 9.17) is 0 Å². The summed E-state index contributed by atoms with van der Waals surface area (Å²) >= 11 is 0.564. The lowest BCUT2D eigenvalue weighted by Crippen LogP contribution is -2.43. The molecule has 1 amide bonds. The van der Waals surface area contributed by atoms with Gasteiger partial charge in [-0.05, 0) is 20.8 Å². The van der Waals surface area contributed by atoms with Gasteiger partial charge >= 0.3 is 6.18 Å². The monoisotopic (exact) mass is 282 g/mol. The zero-order valence-corrected chi connectivity index (χ0v) is 10.9. The molecule has 102 valence electrons. The smallest absolute Gasteiger partial charge is 0.351 e. The normalized spacial score (nSPS) is 12.3. The first-order valence-corrected chi connectivity index (χ1v) is 5.81. The van der Waals surface area contributed by atoms with Gasteiger partial charge in [-0.3, -0.25) is 4.79 Å². The van der Waals surface area contributed by atoms with Crippen molar-refractivity contribution in [1.82, 2.24) is 14.7 Å². The van der Waals surface area contributed by atoms with E-state index in [1.165, 1.54) is 0 Å². The van der Waals surface area contributed by atoms with Crippen LogP contribution in [0, 0.1) is 0 Å². The fourth-order valence-corrected chi connectivity index (χ4v) is 1.61. The average molecular weight is 282 g/mol. The van der Waals surface area contributed by atoms with E-state index >= 15 is 0 Å². The molecule has 2 N–H and O–H groups in total. The largest absolute Gasteiger partial charge is 0.452 e. The van der Waals surface area contributed by atoms with E-state index in [2.05, 4.69) is 20.0 Å². The van der Waals surface area contributed by atoms with Crippen LogP contribution in [0.2, 0.25) is 0 Å². The second kappa shape index (κ2) is 5.09. The highest BCUT2D eigenvalue weighted by molar-refractivity contribution is 7.09. The summed E-state index contributed by atoms with van der Waals surface area (Å²) in [4.78, 5) is 14.6. The van der Waals surface area contributed by atoms with E-state index in [0.717, 1.165) is 0 Å². The van der Waals surface area contributed by atoms with Gasteiger partial charge in [0.2, 0.25) is 16.9 Å². The Hall–Kier alpha value is -1.38. The Kier molecular flexibility index (Phi) is 4.15. The van der Waals surface area contributed by atoms with E-state index in [9.17, 15) is 18.0 Å². The molecule has 0 aromatic carbocycles. The van der Waals surface area contributed by atoms with E-state index in [1.807, 2.05) is 0 Å². The molecule has 0 aliphatic carbocycles. The molecule has 5 nitrogen and oxygen atoms in total. The van der Waals surface area contributed by atoms with Gasteiger partial charge < -0.3 is 10.6 Å². The molecule has 0 aliphatic heterocycles. The summed E-state index contributed by atoms with van der Waals surface area (Å²) in [6, 6.07) is 0. The predicted molar refractivity (Wildman–Crippen MR) is 61.3 cm³/mol. The van der Waals surface area contributed by atoms with Gasteiger partial charge in [-0.25, -0.2) is 0 Å². The van der Waals surface area contributed by atoms with Crippen LogP contribution in [0.25, 0.3) is 0 Å². The van der Waals surface area contributed by atoms with Gasteiger partial charge in [-0.15, -0.1) is 0 Å². The summed E-state index contributed by atoms with van der Waals surface area (Å²) in [5.74, 6) is -1.53. The van der Waals surface area contributed by atoms with Crippen molar-refractivity contribution in [3.63, 3.8) is 0 Å². The minimum Gasteiger partial charge on any atom is -0.351 e. The van der Waals surface area contributed by atoms with Crippen LogP contribution < -0.4 is 10.6 Å². The minimum atomic E-state index is -4.57. The fraction of sp³-hybridized carbons (Fsp3) is 0.667. The molecule has 0 aliphatic rings. The summed E-state index contributed by atoms with van der Waals surface area (Å²) < 4.78 is 39.7. The van der Waals surface area contributed by atoms with E-state index in [1.54, 1.807) is 20.8 Å². The van der Waals surface area contributed by atoms with E-state index in [0.29, 0.717) is 11.5 Å². The topological polar surface area (TPSA) is 66.9 Å². The average Bonchev–Trinajstić information content (AvgIpc) is 2.59. The van der Waals surface area contributed by atoms with Gasteiger partial charge in [-0.2, -0.15) is 22.5 Å². The maximum absolute atomic E-state index is 12.2. The molecule has 1 aromatic heterocycles. The summed E-state index contributed by atoms with van der Waals surface area (Å²) in [6.07, 6.45) is -4.57. The van der Waals surface area contributed by atoms with Gasteiger partial charge in [0.05, 0.1) is 6.54 Å². The molecule has 0 spiro atoms. The number of nitrogens with zero attached hydrogens (tertiary/aromatic N) is 2. The molecule has 0 atom stereocenters. The van der Waals surface area contributed by atoms with Crippen LogP contribution in [-0.2, 0) is 11.0 Å². The van der Waals surface area contributed by atoms with Crippen molar-refractivity contribution in [2.24, 2.45) is 0 Å². The molecule has 9 heteroatoms. The molecule has 0 fully saturated rings. The van der Waals surface area contributed by atoms with E-state index in [-0.39, 0.29) is 17.6 Å². The molecular formula is C9H13F3N4OS. The van der Waals surface area contributed by atoms with Crippen LogP contribution in [0.4, 0.5) is 18.3 Å². The number of halogens is 3. The maximum Gasteiger partial charge on any atom is 0.452 e. The first-order chi connectivity index (χ1) is 8.08. The van der Waals surface area contributed by atoms with Crippen LogP contribution in [0.3, 0.4) is 0 Å². The van der Waals surface area contributed by atoms with Crippen molar-refractivity contribution in [2.45, 2.75) is 32.5 Å². The number of nitrogens with one attached hydrogen (secondary N) is 2. The Morgan fingerprint density at radius 2 is 1.94 bits per heavy atom. The van der Waals surface area contributed by atoms with Crippen molar-refractivity contribution >= 4 is 22.6 Å². The number of aromatic nitrogens is 2. The molecular weight excluding hydrogens is 269 g/mol. The standard InChI is InChI=1S/C9H13F3N4OS/c1-8(2,3)15-5(17)4-13-7-14-6(16-18-7)9(10,11)12/h4H2,1-3H3,(H,15,17)(H,13,14,16). The molecule has 0 unspecified atom stereocenters. The highest BCUT2D eigenvalue weighted by Gasteiger charge is 2.36. The highest BCUT2D eigenvalue weighted by atomic mass is 32.1. The number of carbonyl (C=O) groups is 1. The minimum absolute atomic E-state index is 0.0358. The Balaban J connectivity index is 2.50. The predicted octanol–water partition coefficient (Wildman–Crippen LogP) is 1.88. The number of rotatable bonds is 3. The third-order valence-electron chi connectivity index (χ3n) is 1.59. The lowest BCUT2D eigenvalue weighted by molar-refractivity contribution is -0.144. The Morgan fingerprint density at radius 3 is 2.39 bits per heavy atom. The van der Waals surface area contributed by atoms with Crippen LogP contribution in [0.15, 0.2) is 0 Å². The summed E-state index contributed by atoms with van der Waals surface area (Å²) in [5, 5.41) is 5.12. The lowest BCUT2D eigenvalue weighted by atomic mass is 10.1. The zero-order valence-electron chi connectivity index (χ0n) is 10.1. The summed E-state index contributed by atoms with van der Waals surface area (Å²) in [6.45, 7) is 5.26. The maximum atomic E-state index is 12.2. The molecule has 1 rings (SSSR count). The molecule has 1 aromatic rings. The number of anilines is 1. The molecule has 1 heterocycles.